The van der Waals surface area contributed by atoms with Crippen LogP contribution in [-0.4, -0.2) is 22.9 Å². The van der Waals surface area contributed by atoms with Gasteiger partial charge in [0.25, 0.3) is 5.56 Å². The molecule has 0 fully saturated rings. The number of nitrogens with two attached hydrogens (primary N) is 1. The molecule has 0 saturated heterocycles. The van der Waals surface area contributed by atoms with Crippen molar-refractivity contribution in [3.05, 3.63) is 50.1 Å². The number of amidine groups is 1. The van der Waals surface area contributed by atoms with Gasteiger partial charge in [0.15, 0.2) is 5.82 Å². The van der Waals surface area contributed by atoms with Gasteiger partial charge in [-0.05, 0) is 34.7 Å². The van der Waals surface area contributed by atoms with Crippen molar-refractivity contribution in [2.45, 2.75) is 0 Å². The average molecular weight is 369 g/mol. The van der Waals surface area contributed by atoms with Crippen LogP contribution in [0, 0.1) is 8.98 Å². The highest BCUT2D eigenvalue weighted by Crippen LogP contribution is 2.24. The third-order valence-corrected chi connectivity index (χ3v) is 3.61. The highest BCUT2D eigenvalue weighted by atomic mass is 127. The van der Waals surface area contributed by atoms with Crippen molar-refractivity contribution >= 4 is 39.9 Å². The lowest BCUT2D eigenvalue weighted by molar-refractivity contribution is 1.04. The smallest absolute Gasteiger partial charge is 0.266 e. The Morgan fingerprint density at radius 1 is 1.53 bits per heavy atom. The van der Waals surface area contributed by atoms with Gasteiger partial charge in [-0.25, -0.2) is 4.98 Å². The fourth-order valence-electron chi connectivity index (χ4n) is 1.61. The second-order valence-corrected chi connectivity index (χ2v) is 4.97. The van der Waals surface area contributed by atoms with Gasteiger partial charge in [-0.1, -0.05) is 12.1 Å². The molecular weight excluding hydrogens is 357 g/mol. The third kappa shape index (κ3) is 2.75. The van der Waals surface area contributed by atoms with Gasteiger partial charge in [-0.2, -0.15) is 0 Å². The van der Waals surface area contributed by atoms with Crippen LogP contribution in [0.3, 0.4) is 0 Å². The minimum absolute atomic E-state index is 0.00353. The van der Waals surface area contributed by atoms with E-state index in [-0.39, 0.29) is 11.4 Å². The van der Waals surface area contributed by atoms with Crippen LogP contribution in [0.15, 0.2) is 35.4 Å². The van der Waals surface area contributed by atoms with Crippen LogP contribution >= 0.6 is 22.6 Å². The molecule has 0 aliphatic carbocycles. The molecule has 0 unspecified atom stereocenters. The number of halogens is 1. The summed E-state index contributed by atoms with van der Waals surface area (Å²) in [4.78, 5) is 20.0. The molecule has 19 heavy (non-hydrogen) atoms. The highest BCUT2D eigenvalue weighted by molar-refractivity contribution is 14.1. The molecule has 0 amide bonds. The molecule has 0 spiro atoms. The van der Waals surface area contributed by atoms with E-state index >= 15 is 0 Å². The molecule has 7 heteroatoms. The Hall–Kier alpha value is -1.90. The molecule has 0 bridgehead atoms. The van der Waals surface area contributed by atoms with Crippen molar-refractivity contribution < 1.29 is 0 Å². The van der Waals surface area contributed by atoms with E-state index in [0.717, 1.165) is 5.69 Å². The molecule has 4 N–H and O–H groups in total. The zero-order valence-corrected chi connectivity index (χ0v) is 12.3. The summed E-state index contributed by atoms with van der Waals surface area (Å²) >= 11 is 1.95. The summed E-state index contributed by atoms with van der Waals surface area (Å²) in [5.41, 5.74) is 6.73. The molecule has 1 aromatic heterocycles. The first kappa shape index (κ1) is 13.5. The number of nitrogens with one attached hydrogen (secondary N) is 2. The number of hydrogen-bond donors (Lipinski definition) is 3. The van der Waals surface area contributed by atoms with Crippen molar-refractivity contribution in [2.24, 2.45) is 5.73 Å². The van der Waals surface area contributed by atoms with Crippen molar-refractivity contribution in [1.82, 2.24) is 9.97 Å². The second kappa shape index (κ2) is 5.39. The fraction of sp³-hybridized carbons (Fsp3) is 0.0833. The third-order valence-electron chi connectivity index (χ3n) is 2.64. The summed E-state index contributed by atoms with van der Waals surface area (Å²) < 4.78 is 0.510. The molecule has 0 saturated carbocycles. The summed E-state index contributed by atoms with van der Waals surface area (Å²) in [6.07, 6.45) is 1.37. The average Bonchev–Trinajstić information content (AvgIpc) is 2.41. The number of anilines is 2. The largest absolute Gasteiger partial charge is 0.384 e. The minimum Gasteiger partial charge on any atom is -0.384 e. The Kier molecular flexibility index (Phi) is 3.84. The molecule has 98 valence electrons. The first-order valence-electron chi connectivity index (χ1n) is 5.42. The van der Waals surface area contributed by atoms with Gasteiger partial charge < -0.3 is 15.6 Å². The van der Waals surface area contributed by atoms with E-state index in [2.05, 4.69) is 9.97 Å². The van der Waals surface area contributed by atoms with Gasteiger partial charge in [-0.3, -0.25) is 10.2 Å². The molecule has 0 atom stereocenters. The van der Waals surface area contributed by atoms with Crippen LogP contribution in [0.4, 0.5) is 11.5 Å². The lowest BCUT2D eigenvalue weighted by atomic mass is 10.2. The maximum atomic E-state index is 11.6. The topological polar surface area (TPSA) is 98.9 Å². The Morgan fingerprint density at radius 3 is 2.95 bits per heavy atom. The van der Waals surface area contributed by atoms with Crippen LogP contribution < -0.4 is 16.2 Å². The number of nitrogen functional groups attached to an aromatic ring is 1. The SMILES string of the molecule is CN(c1cccc(C(=N)N)c1)c1nc[nH]c(=O)c1I. The summed E-state index contributed by atoms with van der Waals surface area (Å²) in [6.45, 7) is 0. The summed E-state index contributed by atoms with van der Waals surface area (Å²) in [5.74, 6) is 0.564. The van der Waals surface area contributed by atoms with E-state index in [1.165, 1.54) is 6.33 Å². The molecule has 0 radical (unpaired) electrons. The van der Waals surface area contributed by atoms with E-state index < -0.39 is 0 Å². The van der Waals surface area contributed by atoms with Gasteiger partial charge in [0.2, 0.25) is 0 Å². The minimum atomic E-state index is -0.180. The van der Waals surface area contributed by atoms with E-state index in [9.17, 15) is 4.79 Å². The Bertz CT molecular complexity index is 682. The van der Waals surface area contributed by atoms with Gasteiger partial charge in [0, 0.05) is 18.3 Å². The van der Waals surface area contributed by atoms with Crippen LogP contribution in [0.5, 0.6) is 0 Å². The van der Waals surface area contributed by atoms with Gasteiger partial charge in [0.05, 0.1) is 6.33 Å². The zero-order chi connectivity index (χ0) is 14.0. The van der Waals surface area contributed by atoms with Crippen LogP contribution in [0.25, 0.3) is 0 Å². The number of aromatic nitrogens is 2. The Morgan fingerprint density at radius 2 is 2.26 bits per heavy atom. The monoisotopic (exact) mass is 369 g/mol. The van der Waals surface area contributed by atoms with Gasteiger partial charge >= 0.3 is 0 Å². The van der Waals surface area contributed by atoms with E-state index in [0.29, 0.717) is 15.0 Å². The number of nitrogens with zero attached hydrogens (tertiary/aromatic N) is 2. The maximum absolute atomic E-state index is 11.6. The van der Waals surface area contributed by atoms with Crippen LogP contribution in [0.1, 0.15) is 5.56 Å². The van der Waals surface area contributed by atoms with E-state index in [1.807, 2.05) is 41.8 Å². The summed E-state index contributed by atoms with van der Waals surface area (Å²) in [7, 11) is 1.81. The molecular formula is C12H12IN5O. The predicted molar refractivity (Wildman–Crippen MR) is 83.1 cm³/mol. The normalized spacial score (nSPS) is 10.2. The second-order valence-electron chi connectivity index (χ2n) is 3.89. The first-order chi connectivity index (χ1) is 9.00. The molecule has 1 aromatic carbocycles. The first-order valence-corrected chi connectivity index (χ1v) is 6.50. The van der Waals surface area contributed by atoms with Crippen molar-refractivity contribution in [1.29, 1.82) is 5.41 Å². The summed E-state index contributed by atoms with van der Waals surface area (Å²) in [5, 5.41) is 7.44. The number of benzene rings is 1. The predicted octanol–water partition coefficient (Wildman–Crippen LogP) is 1.43. The quantitative estimate of drug-likeness (QED) is 0.433. The Balaban J connectivity index is 2.47. The number of aromatic amines is 1. The molecule has 0 aliphatic heterocycles. The number of rotatable bonds is 3. The molecule has 1 heterocycles. The van der Waals surface area contributed by atoms with Gasteiger partial charge in [0.1, 0.15) is 9.41 Å². The van der Waals surface area contributed by atoms with Crippen molar-refractivity contribution in [3.63, 3.8) is 0 Å². The summed E-state index contributed by atoms with van der Waals surface area (Å²) in [6, 6.07) is 7.21. The van der Waals surface area contributed by atoms with Crippen LogP contribution in [0.2, 0.25) is 0 Å². The molecule has 2 rings (SSSR count). The van der Waals surface area contributed by atoms with Crippen molar-refractivity contribution in [3.8, 4) is 0 Å². The van der Waals surface area contributed by atoms with E-state index in [4.69, 9.17) is 11.1 Å². The molecule has 0 aliphatic rings. The van der Waals surface area contributed by atoms with E-state index in [1.54, 1.807) is 17.0 Å². The molecule has 2 aromatic rings. The van der Waals surface area contributed by atoms with Crippen molar-refractivity contribution in [2.75, 3.05) is 11.9 Å². The lowest BCUT2D eigenvalue weighted by Gasteiger charge is -2.19. The standard InChI is InChI=1S/C12H12IN5O/c1-18(11-9(13)12(19)17-6-16-11)8-4-2-3-7(5-8)10(14)15/h2-6H,1H3,(H3,14,15)(H,16,17,19). The zero-order valence-electron chi connectivity index (χ0n) is 10.1. The number of H-pyrrole nitrogens is 1. The maximum Gasteiger partial charge on any atom is 0.266 e. The number of hydrogen-bond acceptors (Lipinski definition) is 4. The molecule has 6 nitrogen and oxygen atoms in total. The Labute approximate surface area is 123 Å². The lowest BCUT2D eigenvalue weighted by Crippen LogP contribution is -2.20. The highest BCUT2D eigenvalue weighted by Gasteiger charge is 2.12. The van der Waals surface area contributed by atoms with Gasteiger partial charge in [-0.15, -0.1) is 0 Å². The van der Waals surface area contributed by atoms with Crippen LogP contribution in [-0.2, 0) is 0 Å². The fourth-order valence-corrected chi connectivity index (χ4v) is 2.27.